The minimum atomic E-state index is -1.12. The number of aromatic carboxylic acids is 1. The summed E-state index contributed by atoms with van der Waals surface area (Å²) in [6, 6.07) is 15.0. The van der Waals surface area contributed by atoms with Crippen LogP contribution in [0.25, 0.3) is 22.3 Å². The number of carboxylic acids is 1. The van der Waals surface area contributed by atoms with Crippen LogP contribution >= 0.6 is 0 Å². The molecule has 44 heavy (non-hydrogen) atoms. The number of aromatic nitrogens is 4. The van der Waals surface area contributed by atoms with Crippen molar-refractivity contribution < 1.29 is 32.9 Å². The molecule has 0 aliphatic carbocycles. The number of rotatable bonds is 8. The van der Waals surface area contributed by atoms with Crippen LogP contribution in [0.15, 0.2) is 60.8 Å². The Balaban J connectivity index is 0.000000888. The second-order valence-corrected chi connectivity index (χ2v) is 9.82. The lowest BCUT2D eigenvalue weighted by atomic mass is 10.0. The molecule has 224 valence electrons. The average Bonchev–Trinajstić information content (AvgIpc) is 3.31. The Kier molecular flexibility index (Phi) is 9.06. The van der Waals surface area contributed by atoms with E-state index in [4.69, 9.17) is 19.5 Å². The van der Waals surface area contributed by atoms with Crippen molar-refractivity contribution in [2.75, 3.05) is 20.3 Å². The second kappa shape index (κ2) is 13.3. The first-order chi connectivity index (χ1) is 21.3. The topological polar surface area (TPSA) is 132 Å². The SMILES string of the molecule is C1COC1.COc1cc(C(=O)O)cc2c1nc(Cc1cc(F)c(-c3cccc(OCc4ccc(C#N)nc4)n3)cc1F)n2C. The number of imidazole rings is 1. The number of hydrogen-bond donors (Lipinski definition) is 1. The normalized spacial score (nSPS) is 12.1. The zero-order valence-electron chi connectivity index (χ0n) is 23.9. The number of methoxy groups -OCH3 is 1. The number of nitriles is 1. The summed E-state index contributed by atoms with van der Waals surface area (Å²) in [6.07, 6.45) is 2.75. The van der Waals surface area contributed by atoms with Gasteiger partial charge in [0.1, 0.15) is 47.1 Å². The summed E-state index contributed by atoms with van der Waals surface area (Å²) in [7, 11) is 3.07. The molecule has 0 unspecified atom stereocenters. The van der Waals surface area contributed by atoms with Crippen LogP contribution in [0, 0.1) is 23.0 Å². The third-order valence-electron chi connectivity index (χ3n) is 6.90. The number of carboxylic acid groups (broad SMARTS) is 1. The van der Waals surface area contributed by atoms with E-state index in [0.29, 0.717) is 22.4 Å². The molecule has 1 aliphatic heterocycles. The molecule has 5 aromatic rings. The fraction of sp³-hybridized carbons (Fsp3) is 0.219. The first kappa shape index (κ1) is 30.1. The van der Waals surface area contributed by atoms with Crippen molar-refractivity contribution in [2.45, 2.75) is 19.4 Å². The molecule has 4 heterocycles. The summed E-state index contributed by atoms with van der Waals surface area (Å²) in [6.45, 7) is 2.13. The van der Waals surface area contributed by atoms with E-state index < -0.39 is 17.6 Å². The van der Waals surface area contributed by atoms with Crippen molar-refractivity contribution in [3.63, 3.8) is 0 Å². The minimum absolute atomic E-state index is 0.0211. The first-order valence-electron chi connectivity index (χ1n) is 13.5. The maximum absolute atomic E-state index is 15.2. The number of nitrogens with zero attached hydrogens (tertiary/aromatic N) is 5. The molecular weight excluding hydrogens is 572 g/mol. The van der Waals surface area contributed by atoms with E-state index in [9.17, 15) is 9.90 Å². The molecule has 0 atom stereocenters. The number of ether oxygens (including phenoxy) is 3. The van der Waals surface area contributed by atoms with Crippen LogP contribution in [0.1, 0.15) is 39.4 Å². The summed E-state index contributed by atoms with van der Waals surface area (Å²) >= 11 is 0. The Morgan fingerprint density at radius 2 is 1.89 bits per heavy atom. The molecule has 2 aromatic carbocycles. The standard InChI is InChI=1S/C29H21F2N5O4.C3H6O/c1-36-24-9-18(29(37)38)10-25(39-2)28(24)35-26(36)11-17-8-22(31)20(12-21(17)30)23-4-3-5-27(34-23)40-15-16-6-7-19(13-32)33-14-16;1-2-4-3-1/h3-10,12,14H,11,15H2,1-2H3,(H,37,38);1-3H2. The highest BCUT2D eigenvalue weighted by molar-refractivity contribution is 5.95. The fourth-order valence-corrected chi connectivity index (χ4v) is 4.35. The Bertz CT molecular complexity index is 1860. The van der Waals surface area contributed by atoms with Gasteiger partial charge in [-0.05, 0) is 48.4 Å². The smallest absolute Gasteiger partial charge is 0.335 e. The molecule has 6 rings (SSSR count). The van der Waals surface area contributed by atoms with Crippen LogP contribution in [0.3, 0.4) is 0 Å². The lowest BCUT2D eigenvalue weighted by Gasteiger charge is -2.10. The van der Waals surface area contributed by atoms with Gasteiger partial charge in [0, 0.05) is 50.1 Å². The quantitative estimate of drug-likeness (QED) is 0.247. The van der Waals surface area contributed by atoms with Crippen LogP contribution in [0.4, 0.5) is 8.78 Å². The summed E-state index contributed by atoms with van der Waals surface area (Å²) in [5.41, 5.74) is 2.14. The van der Waals surface area contributed by atoms with Gasteiger partial charge in [-0.25, -0.2) is 28.5 Å². The highest BCUT2D eigenvalue weighted by Crippen LogP contribution is 2.30. The van der Waals surface area contributed by atoms with Crippen molar-refractivity contribution in [2.24, 2.45) is 7.05 Å². The molecule has 1 N–H and O–H groups in total. The third-order valence-corrected chi connectivity index (χ3v) is 6.90. The zero-order valence-corrected chi connectivity index (χ0v) is 23.9. The number of benzene rings is 2. The molecule has 10 nitrogen and oxygen atoms in total. The predicted octanol–water partition coefficient (Wildman–Crippen LogP) is 5.46. The molecule has 0 spiro atoms. The molecule has 0 amide bonds. The van der Waals surface area contributed by atoms with Crippen LogP contribution in [0.2, 0.25) is 0 Å². The van der Waals surface area contributed by atoms with Gasteiger partial charge < -0.3 is 23.9 Å². The van der Waals surface area contributed by atoms with Crippen LogP contribution < -0.4 is 9.47 Å². The molecule has 0 bridgehead atoms. The van der Waals surface area contributed by atoms with E-state index in [2.05, 4.69) is 15.0 Å². The summed E-state index contributed by atoms with van der Waals surface area (Å²) in [4.78, 5) is 24.3. The minimum Gasteiger partial charge on any atom is -0.494 e. The number of carbonyl (C=O) groups is 1. The summed E-state index contributed by atoms with van der Waals surface area (Å²) < 4.78 is 47.8. The molecular formula is C32H27F2N5O5. The second-order valence-electron chi connectivity index (χ2n) is 9.82. The maximum Gasteiger partial charge on any atom is 0.335 e. The molecule has 0 saturated carbocycles. The molecule has 3 aromatic heterocycles. The van der Waals surface area contributed by atoms with Crippen LogP contribution in [-0.2, 0) is 24.8 Å². The Morgan fingerprint density at radius 3 is 2.52 bits per heavy atom. The van der Waals surface area contributed by atoms with Crippen molar-refractivity contribution in [1.82, 2.24) is 19.5 Å². The lowest BCUT2D eigenvalue weighted by molar-refractivity contribution is 0.0367. The molecule has 1 saturated heterocycles. The van der Waals surface area contributed by atoms with E-state index in [0.717, 1.165) is 25.3 Å². The number of hydrogen-bond acceptors (Lipinski definition) is 8. The highest BCUT2D eigenvalue weighted by atomic mass is 19.1. The maximum atomic E-state index is 15.2. The molecule has 0 radical (unpaired) electrons. The van der Waals surface area contributed by atoms with E-state index >= 15 is 8.78 Å². The van der Waals surface area contributed by atoms with Gasteiger partial charge in [0.15, 0.2) is 0 Å². The number of pyridine rings is 2. The number of fused-ring (bicyclic) bond motifs is 1. The summed E-state index contributed by atoms with van der Waals surface area (Å²) in [5.74, 6) is -1.59. The van der Waals surface area contributed by atoms with Crippen molar-refractivity contribution >= 4 is 17.0 Å². The van der Waals surface area contributed by atoms with Crippen molar-refractivity contribution in [3.05, 3.63) is 101 Å². The molecule has 12 heteroatoms. The van der Waals surface area contributed by atoms with Crippen molar-refractivity contribution in [1.29, 1.82) is 5.26 Å². The number of aryl methyl sites for hydroxylation is 1. The van der Waals surface area contributed by atoms with Gasteiger partial charge in [-0.15, -0.1) is 0 Å². The lowest BCUT2D eigenvalue weighted by Crippen LogP contribution is -2.09. The third kappa shape index (κ3) is 6.63. The van der Waals surface area contributed by atoms with E-state index in [1.807, 2.05) is 6.07 Å². The van der Waals surface area contributed by atoms with Gasteiger partial charge in [-0.1, -0.05) is 12.1 Å². The van der Waals surface area contributed by atoms with Crippen LogP contribution in [-0.4, -0.2) is 50.9 Å². The Hall–Kier alpha value is -5.41. The van der Waals surface area contributed by atoms with Gasteiger partial charge in [0.05, 0.1) is 23.9 Å². The van der Waals surface area contributed by atoms with Gasteiger partial charge in [0.2, 0.25) is 5.88 Å². The fourth-order valence-electron chi connectivity index (χ4n) is 4.35. The highest BCUT2D eigenvalue weighted by Gasteiger charge is 2.19. The predicted molar refractivity (Wildman–Crippen MR) is 155 cm³/mol. The van der Waals surface area contributed by atoms with E-state index in [1.54, 1.807) is 41.9 Å². The zero-order chi connectivity index (χ0) is 31.2. The number of halogens is 2. The van der Waals surface area contributed by atoms with Gasteiger partial charge in [-0.3, -0.25) is 0 Å². The Morgan fingerprint density at radius 1 is 1.11 bits per heavy atom. The van der Waals surface area contributed by atoms with Gasteiger partial charge in [0.25, 0.3) is 0 Å². The van der Waals surface area contributed by atoms with Gasteiger partial charge >= 0.3 is 5.97 Å². The van der Waals surface area contributed by atoms with E-state index in [-0.39, 0.29) is 52.7 Å². The van der Waals surface area contributed by atoms with E-state index in [1.165, 1.54) is 31.9 Å². The molecule has 1 aliphatic rings. The van der Waals surface area contributed by atoms with Crippen LogP contribution in [0.5, 0.6) is 11.6 Å². The molecule has 1 fully saturated rings. The first-order valence-corrected chi connectivity index (χ1v) is 13.5. The van der Waals surface area contributed by atoms with Crippen molar-refractivity contribution in [3.8, 4) is 29.0 Å². The summed E-state index contributed by atoms with van der Waals surface area (Å²) in [5, 5.41) is 18.3. The Labute approximate surface area is 251 Å². The largest absolute Gasteiger partial charge is 0.494 e. The van der Waals surface area contributed by atoms with Gasteiger partial charge in [-0.2, -0.15) is 5.26 Å². The monoisotopic (exact) mass is 599 g/mol. The average molecular weight is 600 g/mol.